The monoisotopic (exact) mass is 395 g/mol. The van der Waals surface area contributed by atoms with Gasteiger partial charge in [0, 0.05) is 27.9 Å². The van der Waals surface area contributed by atoms with Gasteiger partial charge in [0.25, 0.3) is 5.91 Å². The molecule has 3 nitrogen and oxygen atoms in total. The van der Waals surface area contributed by atoms with Gasteiger partial charge in [-0.1, -0.05) is 53.5 Å². The normalized spacial score (nSPS) is 16.1. The first-order valence-corrected chi connectivity index (χ1v) is 9.27. The molecule has 0 N–H and O–H groups in total. The zero-order valence-electron chi connectivity index (χ0n) is 14.2. The molecule has 134 valence electrons. The molecule has 0 spiro atoms. The van der Waals surface area contributed by atoms with E-state index in [9.17, 15) is 9.59 Å². The van der Waals surface area contributed by atoms with Crippen LogP contribution in [0.25, 0.3) is 0 Å². The first kappa shape index (κ1) is 17.8. The van der Waals surface area contributed by atoms with Crippen LogP contribution >= 0.6 is 23.2 Å². The molecule has 0 saturated heterocycles. The van der Waals surface area contributed by atoms with E-state index in [0.29, 0.717) is 21.3 Å². The molecule has 0 radical (unpaired) electrons. The van der Waals surface area contributed by atoms with Crippen molar-refractivity contribution in [2.24, 2.45) is 0 Å². The minimum absolute atomic E-state index is 0.137. The summed E-state index contributed by atoms with van der Waals surface area (Å²) in [6.45, 7) is 0. The van der Waals surface area contributed by atoms with Gasteiger partial charge in [-0.15, -0.1) is 0 Å². The zero-order valence-corrected chi connectivity index (χ0v) is 15.7. The third-order valence-electron chi connectivity index (χ3n) is 4.73. The van der Waals surface area contributed by atoms with Crippen LogP contribution in [0.3, 0.4) is 0 Å². The van der Waals surface area contributed by atoms with Crippen molar-refractivity contribution >= 4 is 40.7 Å². The summed E-state index contributed by atoms with van der Waals surface area (Å²) >= 11 is 12.0. The number of amides is 2. The third-order valence-corrected chi connectivity index (χ3v) is 5.21. The Morgan fingerprint density at radius 3 is 2.37 bits per heavy atom. The number of carbonyl (C=O) groups excluding carboxylic acids is 2. The quantitative estimate of drug-likeness (QED) is 0.521. The van der Waals surface area contributed by atoms with Gasteiger partial charge in [-0.05, 0) is 53.6 Å². The highest BCUT2D eigenvalue weighted by Gasteiger charge is 2.35. The van der Waals surface area contributed by atoms with Gasteiger partial charge in [-0.2, -0.15) is 0 Å². The Hall–Kier alpha value is -2.62. The van der Waals surface area contributed by atoms with Crippen molar-refractivity contribution in [3.8, 4) is 0 Å². The predicted octanol–water partition coefficient (Wildman–Crippen LogP) is 5.70. The fourth-order valence-electron chi connectivity index (χ4n) is 3.46. The lowest BCUT2D eigenvalue weighted by molar-refractivity contribution is -0.118. The van der Waals surface area contributed by atoms with Crippen molar-refractivity contribution in [1.29, 1.82) is 0 Å². The molecule has 1 heterocycles. The van der Waals surface area contributed by atoms with Crippen LogP contribution in [0.15, 0.2) is 72.8 Å². The SMILES string of the molecule is O=C1CC(c2cccc(Cl)c2)c2ccccc2N1C(=O)c1ccc(Cl)cc1. The van der Waals surface area contributed by atoms with E-state index in [4.69, 9.17) is 23.2 Å². The van der Waals surface area contributed by atoms with Crippen LogP contribution in [-0.4, -0.2) is 11.8 Å². The molecule has 0 saturated carbocycles. The number of carbonyl (C=O) groups is 2. The molecule has 1 atom stereocenters. The summed E-state index contributed by atoms with van der Waals surface area (Å²) in [7, 11) is 0. The van der Waals surface area contributed by atoms with Crippen LogP contribution in [0, 0.1) is 0 Å². The summed E-state index contributed by atoms with van der Waals surface area (Å²) in [4.78, 5) is 27.2. The molecule has 0 bridgehead atoms. The maximum absolute atomic E-state index is 13.0. The van der Waals surface area contributed by atoms with E-state index in [0.717, 1.165) is 11.1 Å². The van der Waals surface area contributed by atoms with E-state index in [1.54, 1.807) is 36.4 Å². The maximum atomic E-state index is 13.0. The number of rotatable bonds is 2. The van der Waals surface area contributed by atoms with Gasteiger partial charge in [-0.3, -0.25) is 9.59 Å². The number of para-hydroxylation sites is 1. The Kier molecular flexibility index (Phi) is 4.73. The second-order valence-electron chi connectivity index (χ2n) is 6.41. The van der Waals surface area contributed by atoms with Gasteiger partial charge in [0.1, 0.15) is 0 Å². The first-order chi connectivity index (χ1) is 13.0. The average molecular weight is 396 g/mol. The smallest absolute Gasteiger partial charge is 0.265 e. The number of hydrogen-bond donors (Lipinski definition) is 0. The number of imide groups is 1. The number of hydrogen-bond acceptors (Lipinski definition) is 2. The number of benzene rings is 3. The Morgan fingerprint density at radius 1 is 0.889 bits per heavy atom. The van der Waals surface area contributed by atoms with Gasteiger partial charge in [0.15, 0.2) is 0 Å². The van der Waals surface area contributed by atoms with Crippen LogP contribution in [0.5, 0.6) is 0 Å². The van der Waals surface area contributed by atoms with E-state index in [1.165, 1.54) is 4.90 Å². The lowest BCUT2D eigenvalue weighted by atomic mass is 9.84. The number of anilines is 1. The molecule has 3 aromatic carbocycles. The largest absolute Gasteiger partial charge is 0.274 e. The molecule has 1 aliphatic rings. The van der Waals surface area contributed by atoms with Crippen molar-refractivity contribution < 1.29 is 9.59 Å². The topological polar surface area (TPSA) is 37.4 Å². The molecular weight excluding hydrogens is 381 g/mol. The van der Waals surface area contributed by atoms with E-state index in [1.807, 2.05) is 36.4 Å². The molecule has 5 heteroatoms. The van der Waals surface area contributed by atoms with Crippen molar-refractivity contribution in [2.75, 3.05) is 4.90 Å². The maximum Gasteiger partial charge on any atom is 0.265 e. The minimum atomic E-state index is -0.353. The molecule has 1 aliphatic heterocycles. The highest BCUT2D eigenvalue weighted by atomic mass is 35.5. The summed E-state index contributed by atoms with van der Waals surface area (Å²) in [5, 5.41) is 1.16. The lowest BCUT2D eigenvalue weighted by Crippen LogP contribution is -2.41. The van der Waals surface area contributed by atoms with Crippen molar-refractivity contribution in [1.82, 2.24) is 0 Å². The second-order valence-corrected chi connectivity index (χ2v) is 7.28. The van der Waals surface area contributed by atoms with Crippen LogP contribution in [0.4, 0.5) is 5.69 Å². The van der Waals surface area contributed by atoms with Crippen molar-refractivity contribution in [3.05, 3.63) is 99.5 Å². The molecule has 4 rings (SSSR count). The van der Waals surface area contributed by atoms with E-state index in [2.05, 4.69) is 0 Å². The highest BCUT2D eigenvalue weighted by Crippen LogP contribution is 2.41. The summed E-state index contributed by atoms with van der Waals surface area (Å²) in [5.74, 6) is -0.728. The Labute approximate surface area is 167 Å². The van der Waals surface area contributed by atoms with Crippen molar-refractivity contribution in [2.45, 2.75) is 12.3 Å². The van der Waals surface area contributed by atoms with Gasteiger partial charge in [0.05, 0.1) is 5.69 Å². The van der Waals surface area contributed by atoms with Crippen LogP contribution in [0.2, 0.25) is 10.0 Å². The van der Waals surface area contributed by atoms with Crippen LogP contribution < -0.4 is 4.90 Å². The van der Waals surface area contributed by atoms with Gasteiger partial charge in [-0.25, -0.2) is 4.90 Å². The predicted molar refractivity (Wildman–Crippen MR) is 108 cm³/mol. The van der Waals surface area contributed by atoms with E-state index >= 15 is 0 Å². The van der Waals surface area contributed by atoms with Gasteiger partial charge in [0.2, 0.25) is 5.91 Å². The van der Waals surface area contributed by atoms with Crippen molar-refractivity contribution in [3.63, 3.8) is 0 Å². The fraction of sp³-hybridized carbons (Fsp3) is 0.0909. The molecule has 0 aliphatic carbocycles. The second kappa shape index (κ2) is 7.18. The lowest BCUT2D eigenvalue weighted by Gasteiger charge is -2.33. The van der Waals surface area contributed by atoms with Crippen LogP contribution in [-0.2, 0) is 4.79 Å². The molecule has 27 heavy (non-hydrogen) atoms. The third kappa shape index (κ3) is 3.36. The fourth-order valence-corrected chi connectivity index (χ4v) is 3.79. The molecule has 2 amide bonds. The summed E-state index contributed by atoms with van der Waals surface area (Å²) < 4.78 is 0. The van der Waals surface area contributed by atoms with E-state index in [-0.39, 0.29) is 24.2 Å². The summed E-state index contributed by atoms with van der Waals surface area (Å²) in [6.07, 6.45) is 0.205. The number of fused-ring (bicyclic) bond motifs is 1. The molecule has 0 fully saturated rings. The first-order valence-electron chi connectivity index (χ1n) is 8.52. The standard InChI is InChI=1S/C22H15Cl2NO2/c23-16-10-8-14(9-11-16)22(27)25-20-7-2-1-6-18(20)19(13-21(25)26)15-4-3-5-17(24)12-15/h1-12,19H,13H2. The highest BCUT2D eigenvalue weighted by molar-refractivity contribution is 6.31. The van der Waals surface area contributed by atoms with E-state index < -0.39 is 0 Å². The summed E-state index contributed by atoms with van der Waals surface area (Å²) in [5.41, 5.74) is 2.92. The Bertz CT molecular complexity index is 1030. The molecule has 0 aromatic heterocycles. The Morgan fingerprint density at radius 2 is 1.63 bits per heavy atom. The zero-order chi connectivity index (χ0) is 19.0. The number of nitrogens with zero attached hydrogens (tertiary/aromatic N) is 1. The average Bonchev–Trinajstić information content (AvgIpc) is 2.67. The molecular formula is C22H15Cl2NO2. The minimum Gasteiger partial charge on any atom is -0.274 e. The summed E-state index contributed by atoms with van der Waals surface area (Å²) in [6, 6.07) is 21.5. The molecule has 3 aromatic rings. The molecule has 1 unspecified atom stereocenters. The van der Waals surface area contributed by atoms with Gasteiger partial charge >= 0.3 is 0 Å². The van der Waals surface area contributed by atoms with Gasteiger partial charge < -0.3 is 0 Å². The number of halogens is 2. The Balaban J connectivity index is 1.78. The van der Waals surface area contributed by atoms with Crippen LogP contribution in [0.1, 0.15) is 33.8 Å².